The Morgan fingerprint density at radius 2 is 1.68 bits per heavy atom. The van der Waals surface area contributed by atoms with Crippen molar-refractivity contribution < 1.29 is 32.3 Å². The minimum atomic E-state index is -4.50. The summed E-state index contributed by atoms with van der Waals surface area (Å²) in [5.41, 5.74) is 3.46. The molecule has 0 aromatic carbocycles. The highest BCUT2D eigenvalue weighted by Crippen LogP contribution is 2.44. The molecule has 10 heteroatoms. The molecule has 0 aliphatic heterocycles. The van der Waals surface area contributed by atoms with E-state index in [1.54, 1.807) is 0 Å². The van der Waals surface area contributed by atoms with Gasteiger partial charge in [0.25, 0.3) is 0 Å². The van der Waals surface area contributed by atoms with Crippen LogP contribution in [0.4, 0.5) is 13.2 Å². The molecule has 144 valence electrons. The fraction of sp³-hybridized carbons (Fsp3) is 0.800. The van der Waals surface area contributed by atoms with Crippen molar-refractivity contribution in [1.29, 1.82) is 0 Å². The van der Waals surface area contributed by atoms with Crippen LogP contribution in [0.15, 0.2) is 0 Å². The summed E-state index contributed by atoms with van der Waals surface area (Å²) in [6, 6.07) is 0. The first-order valence-corrected chi connectivity index (χ1v) is 7.83. The predicted molar refractivity (Wildman–Crippen MR) is 82.1 cm³/mol. The zero-order chi connectivity index (χ0) is 19.5. The number of primary amides is 1. The molecular formula is C15H24F3N3O4. The van der Waals surface area contributed by atoms with Crippen LogP contribution < -0.4 is 16.4 Å². The van der Waals surface area contributed by atoms with E-state index in [2.05, 4.69) is 15.4 Å². The highest BCUT2D eigenvalue weighted by molar-refractivity contribution is 6.03. The maximum Gasteiger partial charge on any atom is 0.411 e. The molecule has 0 saturated heterocycles. The first-order valence-electron chi connectivity index (χ1n) is 7.83. The molecule has 0 heterocycles. The number of rotatable bonds is 9. The van der Waals surface area contributed by atoms with Crippen LogP contribution >= 0.6 is 0 Å². The predicted octanol–water partition coefficient (Wildman–Crippen LogP) is 0.478. The molecule has 7 nitrogen and oxygen atoms in total. The highest BCUT2D eigenvalue weighted by Gasteiger charge is 2.44. The van der Waals surface area contributed by atoms with Crippen LogP contribution in [0.5, 0.6) is 0 Å². The lowest BCUT2D eigenvalue weighted by Crippen LogP contribution is -2.48. The van der Waals surface area contributed by atoms with Gasteiger partial charge in [-0.05, 0) is 33.6 Å². The van der Waals surface area contributed by atoms with Gasteiger partial charge in [0.1, 0.15) is 18.1 Å². The molecule has 25 heavy (non-hydrogen) atoms. The van der Waals surface area contributed by atoms with Gasteiger partial charge in [-0.25, -0.2) is 0 Å². The minimum Gasteiger partial charge on any atom is -0.369 e. The molecule has 1 fully saturated rings. The molecule has 0 spiro atoms. The van der Waals surface area contributed by atoms with Crippen LogP contribution in [-0.2, 0) is 19.1 Å². The summed E-state index contributed by atoms with van der Waals surface area (Å²) in [7, 11) is 0. The van der Waals surface area contributed by atoms with E-state index in [0.717, 1.165) is 12.8 Å². The fourth-order valence-electron chi connectivity index (χ4n) is 1.91. The maximum atomic E-state index is 12.1. The van der Waals surface area contributed by atoms with Crippen LogP contribution in [0, 0.1) is 10.8 Å². The monoisotopic (exact) mass is 367 g/mol. The van der Waals surface area contributed by atoms with Gasteiger partial charge in [0, 0.05) is 18.5 Å². The third kappa shape index (κ3) is 6.52. The van der Waals surface area contributed by atoms with Crippen molar-refractivity contribution in [3.63, 3.8) is 0 Å². The Bertz CT molecular complexity index is 531. The minimum absolute atomic E-state index is 0.197. The van der Waals surface area contributed by atoms with E-state index in [-0.39, 0.29) is 18.5 Å². The zero-order valence-electron chi connectivity index (χ0n) is 14.5. The molecule has 1 atom stereocenters. The van der Waals surface area contributed by atoms with Gasteiger partial charge in [-0.1, -0.05) is 0 Å². The fourth-order valence-corrected chi connectivity index (χ4v) is 1.91. The summed E-state index contributed by atoms with van der Waals surface area (Å²) in [5, 5.41) is 5.17. The molecule has 0 bridgehead atoms. The third-order valence-electron chi connectivity index (χ3n) is 4.27. The molecule has 1 saturated carbocycles. The number of ether oxygens (including phenoxy) is 1. The second kappa shape index (κ2) is 7.59. The maximum absolute atomic E-state index is 12.1. The Morgan fingerprint density at radius 3 is 2.12 bits per heavy atom. The number of amides is 3. The molecule has 4 N–H and O–H groups in total. The van der Waals surface area contributed by atoms with Gasteiger partial charge in [0.15, 0.2) is 0 Å². The van der Waals surface area contributed by atoms with Crippen LogP contribution in [0.1, 0.15) is 33.6 Å². The smallest absolute Gasteiger partial charge is 0.369 e. The Morgan fingerprint density at radius 1 is 1.16 bits per heavy atom. The van der Waals surface area contributed by atoms with Crippen molar-refractivity contribution in [2.75, 3.05) is 19.7 Å². The number of carbonyl (C=O) groups excluding carboxylic acids is 3. The number of nitrogens with two attached hydrogens (primary N) is 1. The topological polar surface area (TPSA) is 111 Å². The molecular weight excluding hydrogens is 343 g/mol. The lowest BCUT2D eigenvalue weighted by molar-refractivity contribution is -0.185. The molecule has 1 aliphatic carbocycles. The Kier molecular flexibility index (Phi) is 6.44. The van der Waals surface area contributed by atoms with E-state index in [0.29, 0.717) is 0 Å². The van der Waals surface area contributed by atoms with Crippen molar-refractivity contribution in [2.24, 2.45) is 16.6 Å². The largest absolute Gasteiger partial charge is 0.411 e. The number of hydrogen-bond acceptors (Lipinski definition) is 4. The van der Waals surface area contributed by atoms with Crippen molar-refractivity contribution in [1.82, 2.24) is 10.6 Å². The number of alkyl halides is 3. The summed E-state index contributed by atoms with van der Waals surface area (Å²) in [4.78, 5) is 35.0. The second-order valence-electron chi connectivity index (χ2n) is 6.96. The quantitative estimate of drug-likeness (QED) is 0.515. The molecule has 1 rings (SSSR count). The summed E-state index contributed by atoms with van der Waals surface area (Å²) in [6.07, 6.45) is -4.25. The standard InChI is InChI=1S/C15H24F3N3O4/c1-9(25-8-15(16,17)18)10(22)20-6-14(4-5-14)7-21-12(24)13(2,3)11(19)23/h9H,4-8H2,1-3H3,(H2,19,23)(H,20,22)(H,21,24). The third-order valence-corrected chi connectivity index (χ3v) is 4.27. The average molecular weight is 367 g/mol. The molecule has 1 unspecified atom stereocenters. The molecule has 3 amide bonds. The first kappa shape index (κ1) is 21.2. The SMILES string of the molecule is CC(OCC(F)(F)F)C(=O)NCC1(CNC(=O)C(C)(C)C(N)=O)CC1. The van der Waals surface area contributed by atoms with Gasteiger partial charge >= 0.3 is 6.18 Å². The Labute approximate surface area is 143 Å². The van der Waals surface area contributed by atoms with E-state index in [1.165, 1.54) is 20.8 Å². The van der Waals surface area contributed by atoms with Crippen molar-refractivity contribution in [3.05, 3.63) is 0 Å². The van der Waals surface area contributed by atoms with Crippen LogP contribution in [0.2, 0.25) is 0 Å². The van der Waals surface area contributed by atoms with E-state index in [9.17, 15) is 27.6 Å². The van der Waals surface area contributed by atoms with Crippen LogP contribution in [0.25, 0.3) is 0 Å². The lowest BCUT2D eigenvalue weighted by Gasteiger charge is -2.23. The normalized spacial score (nSPS) is 17.5. The molecule has 0 aromatic heterocycles. The van der Waals surface area contributed by atoms with Crippen LogP contribution in [0.3, 0.4) is 0 Å². The number of hydrogen-bond donors (Lipinski definition) is 3. The molecule has 1 aliphatic rings. The van der Waals surface area contributed by atoms with Gasteiger partial charge < -0.3 is 21.1 Å². The van der Waals surface area contributed by atoms with Gasteiger partial charge in [-0.15, -0.1) is 0 Å². The van der Waals surface area contributed by atoms with Gasteiger partial charge in [-0.2, -0.15) is 13.2 Å². The summed E-state index contributed by atoms with van der Waals surface area (Å²) in [5.74, 6) is -1.92. The molecule has 0 aromatic rings. The Balaban J connectivity index is 2.40. The average Bonchev–Trinajstić information content (AvgIpc) is 3.27. The number of carbonyl (C=O) groups is 3. The van der Waals surface area contributed by atoms with Gasteiger partial charge in [0.05, 0.1) is 0 Å². The van der Waals surface area contributed by atoms with E-state index in [4.69, 9.17) is 5.73 Å². The van der Waals surface area contributed by atoms with E-state index < -0.39 is 42.0 Å². The molecule has 0 radical (unpaired) electrons. The lowest BCUT2D eigenvalue weighted by atomic mass is 9.91. The van der Waals surface area contributed by atoms with E-state index in [1.807, 2.05) is 0 Å². The summed E-state index contributed by atoms with van der Waals surface area (Å²) in [6.45, 7) is 2.99. The van der Waals surface area contributed by atoms with Crippen molar-refractivity contribution >= 4 is 17.7 Å². The van der Waals surface area contributed by atoms with E-state index >= 15 is 0 Å². The number of halogens is 3. The Hall–Kier alpha value is -1.84. The van der Waals surface area contributed by atoms with Crippen molar-refractivity contribution in [3.8, 4) is 0 Å². The number of nitrogens with one attached hydrogen (secondary N) is 2. The summed E-state index contributed by atoms with van der Waals surface area (Å²) < 4.78 is 40.7. The second-order valence-corrected chi connectivity index (χ2v) is 6.96. The van der Waals surface area contributed by atoms with Crippen LogP contribution in [-0.4, -0.2) is 49.7 Å². The highest BCUT2D eigenvalue weighted by atomic mass is 19.4. The first-order chi connectivity index (χ1) is 11.3. The summed E-state index contributed by atoms with van der Waals surface area (Å²) >= 11 is 0. The zero-order valence-corrected chi connectivity index (χ0v) is 14.5. The van der Waals surface area contributed by atoms with Gasteiger partial charge in [-0.3, -0.25) is 14.4 Å². The van der Waals surface area contributed by atoms with Crippen molar-refractivity contribution in [2.45, 2.75) is 45.9 Å². The van der Waals surface area contributed by atoms with Gasteiger partial charge in [0.2, 0.25) is 17.7 Å².